The van der Waals surface area contributed by atoms with Crippen molar-refractivity contribution in [3.8, 4) is 0 Å². The summed E-state index contributed by atoms with van der Waals surface area (Å²) in [7, 11) is 0. The van der Waals surface area contributed by atoms with Crippen LogP contribution in [-0.4, -0.2) is 48.7 Å². The number of nitrogens with zero attached hydrogens (tertiary/aromatic N) is 1. The van der Waals surface area contributed by atoms with Crippen molar-refractivity contribution in [3.63, 3.8) is 0 Å². The Morgan fingerprint density at radius 1 is 1.47 bits per heavy atom. The van der Waals surface area contributed by atoms with Gasteiger partial charge in [0, 0.05) is 26.2 Å². The van der Waals surface area contributed by atoms with E-state index in [1.807, 2.05) is 25.7 Å². The van der Waals surface area contributed by atoms with E-state index in [4.69, 9.17) is 4.74 Å². The van der Waals surface area contributed by atoms with Crippen molar-refractivity contribution >= 4 is 5.91 Å². The molecule has 4 heteroatoms. The van der Waals surface area contributed by atoms with E-state index in [0.29, 0.717) is 6.54 Å². The van der Waals surface area contributed by atoms with Gasteiger partial charge in [0.05, 0.1) is 17.6 Å². The van der Waals surface area contributed by atoms with E-state index in [2.05, 4.69) is 5.32 Å². The van der Waals surface area contributed by atoms with Crippen LogP contribution in [0.5, 0.6) is 0 Å². The average Bonchev–Trinajstić information content (AvgIpc) is 1.96. The van der Waals surface area contributed by atoms with Gasteiger partial charge >= 0.3 is 0 Å². The Balaban J connectivity index is 1.99. The van der Waals surface area contributed by atoms with Gasteiger partial charge in [0.25, 0.3) is 0 Å². The normalized spacial score (nSPS) is 31.1. The van der Waals surface area contributed by atoms with Crippen LogP contribution in [-0.2, 0) is 9.53 Å². The third-order valence-electron chi connectivity index (χ3n) is 3.01. The van der Waals surface area contributed by atoms with E-state index in [0.717, 1.165) is 19.6 Å². The topological polar surface area (TPSA) is 41.6 Å². The summed E-state index contributed by atoms with van der Waals surface area (Å²) in [6.07, 6.45) is 0.144. The van der Waals surface area contributed by atoms with Crippen LogP contribution >= 0.6 is 0 Å². The van der Waals surface area contributed by atoms with Crippen LogP contribution in [0, 0.1) is 5.92 Å². The third kappa shape index (κ3) is 2.32. The summed E-state index contributed by atoms with van der Waals surface area (Å²) in [5.74, 6) is 0.489. The van der Waals surface area contributed by atoms with E-state index in [1.165, 1.54) is 0 Å². The summed E-state index contributed by atoms with van der Waals surface area (Å²) in [6.45, 7) is 9.24. The first kappa shape index (κ1) is 10.9. The monoisotopic (exact) mass is 212 g/mol. The molecule has 0 spiro atoms. The van der Waals surface area contributed by atoms with Gasteiger partial charge in [-0.25, -0.2) is 0 Å². The lowest BCUT2D eigenvalue weighted by Crippen LogP contribution is -2.59. The van der Waals surface area contributed by atoms with E-state index >= 15 is 0 Å². The van der Waals surface area contributed by atoms with E-state index in [1.54, 1.807) is 0 Å². The minimum absolute atomic E-state index is 0.144. The first-order chi connectivity index (χ1) is 6.98. The highest BCUT2D eigenvalue weighted by Crippen LogP contribution is 2.22. The Morgan fingerprint density at radius 2 is 2.13 bits per heavy atom. The number of ether oxygens (including phenoxy) is 1. The first-order valence-electron chi connectivity index (χ1n) is 5.65. The van der Waals surface area contributed by atoms with Crippen LogP contribution in [0.4, 0.5) is 0 Å². The lowest BCUT2D eigenvalue weighted by Gasteiger charge is -2.43. The quantitative estimate of drug-likeness (QED) is 0.676. The molecule has 2 aliphatic rings. The van der Waals surface area contributed by atoms with Crippen molar-refractivity contribution < 1.29 is 9.53 Å². The van der Waals surface area contributed by atoms with Crippen molar-refractivity contribution in [3.05, 3.63) is 0 Å². The van der Waals surface area contributed by atoms with Gasteiger partial charge in [-0.3, -0.25) is 4.79 Å². The van der Waals surface area contributed by atoms with E-state index in [9.17, 15) is 4.79 Å². The SMILES string of the molecule is CC1CN(C(=O)C2CNC2)CC(C)(C)O1. The Bertz CT molecular complexity index is 261. The minimum atomic E-state index is -0.204. The first-order valence-corrected chi connectivity index (χ1v) is 5.65. The maximum Gasteiger partial charge on any atom is 0.228 e. The molecular formula is C11H20N2O2. The lowest BCUT2D eigenvalue weighted by atomic mass is 9.98. The van der Waals surface area contributed by atoms with E-state index in [-0.39, 0.29) is 23.5 Å². The van der Waals surface area contributed by atoms with Crippen LogP contribution in [0.3, 0.4) is 0 Å². The Hall–Kier alpha value is -0.610. The van der Waals surface area contributed by atoms with Gasteiger partial charge in [-0.2, -0.15) is 0 Å². The fourth-order valence-electron chi connectivity index (χ4n) is 2.34. The predicted molar refractivity (Wildman–Crippen MR) is 57.6 cm³/mol. The number of hydrogen-bond donors (Lipinski definition) is 1. The Kier molecular flexibility index (Phi) is 2.73. The molecule has 2 rings (SSSR count). The average molecular weight is 212 g/mol. The summed E-state index contributed by atoms with van der Waals surface area (Å²) in [5.41, 5.74) is -0.204. The maximum absolute atomic E-state index is 12.0. The van der Waals surface area contributed by atoms with Crippen LogP contribution in [0.15, 0.2) is 0 Å². The zero-order valence-corrected chi connectivity index (χ0v) is 9.75. The summed E-state index contributed by atoms with van der Waals surface area (Å²) in [5, 5.41) is 3.13. The summed E-state index contributed by atoms with van der Waals surface area (Å²) in [4.78, 5) is 14.0. The van der Waals surface area contributed by atoms with Crippen LogP contribution in [0.25, 0.3) is 0 Å². The maximum atomic E-state index is 12.0. The highest BCUT2D eigenvalue weighted by molar-refractivity contribution is 5.80. The number of carbonyl (C=O) groups excluding carboxylic acids is 1. The molecule has 0 aromatic rings. The molecule has 0 aliphatic carbocycles. The highest BCUT2D eigenvalue weighted by atomic mass is 16.5. The van der Waals surface area contributed by atoms with Crippen molar-refractivity contribution in [1.82, 2.24) is 10.2 Å². The second-order valence-electron chi connectivity index (χ2n) is 5.26. The van der Waals surface area contributed by atoms with Crippen molar-refractivity contribution in [2.45, 2.75) is 32.5 Å². The molecule has 2 saturated heterocycles. The molecule has 15 heavy (non-hydrogen) atoms. The van der Waals surface area contributed by atoms with Crippen LogP contribution in [0.2, 0.25) is 0 Å². The third-order valence-corrected chi connectivity index (χ3v) is 3.01. The zero-order valence-electron chi connectivity index (χ0n) is 9.75. The molecular weight excluding hydrogens is 192 g/mol. The summed E-state index contributed by atoms with van der Waals surface area (Å²) < 4.78 is 5.78. The van der Waals surface area contributed by atoms with Gasteiger partial charge in [0.1, 0.15) is 0 Å². The number of amides is 1. The van der Waals surface area contributed by atoms with E-state index < -0.39 is 0 Å². The Labute approximate surface area is 91.0 Å². The van der Waals surface area contributed by atoms with Gasteiger partial charge in [0.2, 0.25) is 5.91 Å². The number of nitrogens with one attached hydrogen (secondary N) is 1. The smallest absolute Gasteiger partial charge is 0.228 e. The van der Waals surface area contributed by atoms with Gasteiger partial charge in [-0.05, 0) is 20.8 Å². The molecule has 1 unspecified atom stereocenters. The molecule has 0 radical (unpaired) electrons. The second kappa shape index (κ2) is 3.76. The molecule has 1 N–H and O–H groups in total. The molecule has 86 valence electrons. The zero-order chi connectivity index (χ0) is 11.1. The molecule has 0 aromatic carbocycles. The van der Waals surface area contributed by atoms with Crippen LogP contribution in [0.1, 0.15) is 20.8 Å². The van der Waals surface area contributed by atoms with Gasteiger partial charge in [0.15, 0.2) is 0 Å². The second-order valence-corrected chi connectivity index (χ2v) is 5.26. The highest BCUT2D eigenvalue weighted by Gasteiger charge is 2.37. The molecule has 2 fully saturated rings. The molecule has 2 aliphatic heterocycles. The molecule has 0 bridgehead atoms. The van der Waals surface area contributed by atoms with Crippen molar-refractivity contribution in [2.75, 3.05) is 26.2 Å². The summed E-state index contributed by atoms with van der Waals surface area (Å²) in [6, 6.07) is 0. The Morgan fingerprint density at radius 3 is 2.60 bits per heavy atom. The van der Waals surface area contributed by atoms with Gasteiger partial charge in [-0.1, -0.05) is 0 Å². The number of morpholine rings is 1. The molecule has 2 heterocycles. The molecule has 0 aromatic heterocycles. The minimum Gasteiger partial charge on any atom is -0.369 e. The fourth-order valence-corrected chi connectivity index (χ4v) is 2.34. The standard InChI is InChI=1S/C11H20N2O2/c1-8-6-13(7-11(2,3)15-8)10(14)9-4-12-5-9/h8-9,12H,4-7H2,1-3H3. The largest absolute Gasteiger partial charge is 0.369 e. The molecule has 1 atom stereocenters. The van der Waals surface area contributed by atoms with Crippen LogP contribution < -0.4 is 5.32 Å². The van der Waals surface area contributed by atoms with Gasteiger partial charge in [-0.15, -0.1) is 0 Å². The fraction of sp³-hybridized carbons (Fsp3) is 0.909. The number of rotatable bonds is 1. The van der Waals surface area contributed by atoms with Crippen molar-refractivity contribution in [2.24, 2.45) is 5.92 Å². The summed E-state index contributed by atoms with van der Waals surface area (Å²) >= 11 is 0. The number of hydrogen-bond acceptors (Lipinski definition) is 3. The lowest BCUT2D eigenvalue weighted by molar-refractivity contribution is -0.162. The van der Waals surface area contributed by atoms with Gasteiger partial charge < -0.3 is 15.0 Å². The molecule has 4 nitrogen and oxygen atoms in total. The van der Waals surface area contributed by atoms with Crippen molar-refractivity contribution in [1.29, 1.82) is 0 Å². The number of carbonyl (C=O) groups is 1. The molecule has 0 saturated carbocycles. The molecule has 1 amide bonds. The predicted octanol–water partition coefficient (Wildman–Crippen LogP) is 0.232.